The number of aromatic nitrogens is 1. The second-order valence-electron chi connectivity index (χ2n) is 9.10. The van der Waals surface area contributed by atoms with Crippen molar-refractivity contribution < 1.29 is 18.3 Å². The van der Waals surface area contributed by atoms with E-state index in [4.69, 9.17) is 0 Å². The highest BCUT2D eigenvalue weighted by molar-refractivity contribution is 6.01. The number of aliphatic hydroxyl groups excluding tert-OH is 1. The number of piperidine rings is 1. The van der Waals surface area contributed by atoms with Gasteiger partial charge in [0, 0.05) is 29.0 Å². The first-order valence-corrected chi connectivity index (χ1v) is 11.8. The molecule has 0 bridgehead atoms. The van der Waals surface area contributed by atoms with Crippen LogP contribution < -0.4 is 10.6 Å². The Morgan fingerprint density at radius 2 is 1.83 bits per heavy atom. The summed E-state index contributed by atoms with van der Waals surface area (Å²) in [5.41, 5.74) is 0.402. The van der Waals surface area contributed by atoms with E-state index in [0.717, 1.165) is 37.2 Å². The minimum absolute atomic E-state index is 0.187. The summed E-state index contributed by atoms with van der Waals surface area (Å²) in [5, 5.41) is 18.1. The molecule has 8 heteroatoms. The smallest absolute Gasteiger partial charge is 0.388 e. The van der Waals surface area contributed by atoms with E-state index >= 15 is 0 Å². The predicted octanol–water partition coefficient (Wildman–Crippen LogP) is 5.85. The van der Waals surface area contributed by atoms with E-state index in [9.17, 15) is 18.3 Å². The molecule has 1 unspecified atom stereocenters. The molecule has 1 aliphatic rings. The fourth-order valence-electron chi connectivity index (χ4n) is 4.41. The molecule has 4 rings (SSSR count). The maximum Gasteiger partial charge on any atom is 0.417 e. The van der Waals surface area contributed by atoms with Crippen molar-refractivity contribution in [2.45, 2.75) is 37.6 Å². The molecule has 1 aromatic heterocycles. The lowest BCUT2D eigenvalue weighted by molar-refractivity contribution is -0.0688. The maximum absolute atomic E-state index is 13.6. The molecule has 3 N–H and O–H groups in total. The van der Waals surface area contributed by atoms with Crippen LogP contribution in [0.4, 0.5) is 24.7 Å². The van der Waals surface area contributed by atoms with Crippen molar-refractivity contribution in [1.29, 1.82) is 0 Å². The zero-order chi connectivity index (χ0) is 25.0. The molecular formula is C27H31F3N4O. The number of fused-ring (bicyclic) bond motifs is 1. The Labute approximate surface area is 203 Å². The number of pyridine rings is 1. The largest absolute Gasteiger partial charge is 0.417 e. The second kappa shape index (κ2) is 10.7. The number of nitrogens with one attached hydrogen (secondary N) is 2. The molecule has 0 saturated carbocycles. The van der Waals surface area contributed by atoms with Crippen molar-refractivity contribution in [2.75, 3.05) is 37.3 Å². The maximum atomic E-state index is 13.6. The van der Waals surface area contributed by atoms with Crippen LogP contribution in [0, 0.1) is 0 Å². The standard InChI is InChI=1S/C27H31F3N4O/c1-18(27(28,29)30)26-21-9-6-10-23(32-20-12-15-34(2)16-13-20)22(21)17-25(33-26)31-14-11-24(35)19-7-4-3-5-8-19/h3-10,17,20,24,32,35H,1,11-16H2,2H3,(H,31,33). The molecule has 5 nitrogen and oxygen atoms in total. The van der Waals surface area contributed by atoms with Crippen molar-refractivity contribution in [3.8, 4) is 0 Å². The van der Waals surface area contributed by atoms with E-state index in [2.05, 4.69) is 34.1 Å². The van der Waals surface area contributed by atoms with Gasteiger partial charge in [-0.3, -0.25) is 0 Å². The Hall–Kier alpha value is -3.10. The Bertz CT molecular complexity index is 1160. The number of likely N-dealkylation sites (tertiary alicyclic amines) is 1. The van der Waals surface area contributed by atoms with Crippen LogP contribution in [0.3, 0.4) is 0 Å². The first kappa shape index (κ1) is 25.0. The van der Waals surface area contributed by atoms with E-state index in [1.165, 1.54) is 0 Å². The van der Waals surface area contributed by atoms with Crippen LogP contribution in [0.2, 0.25) is 0 Å². The number of hydrogen-bond donors (Lipinski definition) is 3. The van der Waals surface area contributed by atoms with Crippen molar-refractivity contribution in [3.05, 3.63) is 72.4 Å². The summed E-state index contributed by atoms with van der Waals surface area (Å²) in [5.74, 6) is 0.316. The zero-order valence-electron chi connectivity index (χ0n) is 19.8. The number of allylic oxidation sites excluding steroid dienone is 1. The summed E-state index contributed by atoms with van der Waals surface area (Å²) in [4.78, 5) is 6.55. The van der Waals surface area contributed by atoms with Gasteiger partial charge < -0.3 is 20.6 Å². The number of anilines is 2. The molecule has 1 atom stereocenters. The number of alkyl halides is 3. The van der Waals surface area contributed by atoms with Crippen LogP contribution in [0.5, 0.6) is 0 Å². The lowest BCUT2D eigenvalue weighted by Crippen LogP contribution is -2.36. The molecule has 0 radical (unpaired) electrons. The first-order chi connectivity index (χ1) is 16.7. The van der Waals surface area contributed by atoms with E-state index < -0.39 is 17.9 Å². The second-order valence-corrected chi connectivity index (χ2v) is 9.10. The Balaban J connectivity index is 1.61. The topological polar surface area (TPSA) is 60.4 Å². The molecule has 0 amide bonds. The van der Waals surface area contributed by atoms with Crippen LogP contribution >= 0.6 is 0 Å². The number of rotatable bonds is 8. The Morgan fingerprint density at radius 3 is 2.51 bits per heavy atom. The lowest BCUT2D eigenvalue weighted by atomic mass is 10.0. The van der Waals surface area contributed by atoms with Gasteiger partial charge in [-0.1, -0.05) is 49.0 Å². The fraction of sp³-hybridized carbons (Fsp3) is 0.370. The van der Waals surface area contributed by atoms with Gasteiger partial charge in [0.25, 0.3) is 0 Å². The minimum Gasteiger partial charge on any atom is -0.388 e. The lowest BCUT2D eigenvalue weighted by Gasteiger charge is -2.30. The van der Waals surface area contributed by atoms with Crippen molar-refractivity contribution in [1.82, 2.24) is 9.88 Å². The summed E-state index contributed by atoms with van der Waals surface area (Å²) in [6.45, 7) is 5.59. The number of halogens is 3. The monoisotopic (exact) mass is 484 g/mol. The van der Waals surface area contributed by atoms with Gasteiger partial charge in [0.1, 0.15) is 5.82 Å². The summed E-state index contributed by atoms with van der Waals surface area (Å²) < 4.78 is 40.9. The molecule has 2 aromatic carbocycles. The van der Waals surface area contributed by atoms with Gasteiger partial charge in [0.05, 0.1) is 17.4 Å². The van der Waals surface area contributed by atoms with Crippen molar-refractivity contribution in [2.24, 2.45) is 0 Å². The van der Waals surface area contributed by atoms with E-state index in [0.29, 0.717) is 29.6 Å². The van der Waals surface area contributed by atoms with Crippen molar-refractivity contribution >= 4 is 27.9 Å². The third kappa shape index (κ3) is 6.13. The summed E-state index contributed by atoms with van der Waals surface area (Å²) in [6, 6.07) is 16.6. The number of hydrogen-bond acceptors (Lipinski definition) is 5. The fourth-order valence-corrected chi connectivity index (χ4v) is 4.41. The van der Waals surface area contributed by atoms with Crippen LogP contribution in [0.25, 0.3) is 16.3 Å². The van der Waals surface area contributed by atoms with Gasteiger partial charge in [-0.2, -0.15) is 13.2 Å². The zero-order valence-corrected chi connectivity index (χ0v) is 19.8. The van der Waals surface area contributed by atoms with Gasteiger partial charge in [-0.15, -0.1) is 0 Å². The van der Waals surface area contributed by atoms with E-state index in [1.54, 1.807) is 18.2 Å². The molecule has 0 spiro atoms. The van der Waals surface area contributed by atoms with Gasteiger partial charge in [0.15, 0.2) is 0 Å². The molecular weight excluding hydrogens is 453 g/mol. The Morgan fingerprint density at radius 1 is 1.11 bits per heavy atom. The van der Waals surface area contributed by atoms with Gasteiger partial charge in [-0.05, 0) is 57.1 Å². The third-order valence-electron chi connectivity index (χ3n) is 6.49. The van der Waals surface area contributed by atoms with Gasteiger partial charge >= 0.3 is 6.18 Å². The molecule has 35 heavy (non-hydrogen) atoms. The molecule has 1 aliphatic heterocycles. The number of nitrogens with zero attached hydrogens (tertiary/aromatic N) is 2. The van der Waals surface area contributed by atoms with Crippen molar-refractivity contribution in [3.63, 3.8) is 0 Å². The first-order valence-electron chi connectivity index (χ1n) is 11.8. The van der Waals surface area contributed by atoms with Crippen LogP contribution in [-0.2, 0) is 0 Å². The Kier molecular flexibility index (Phi) is 7.62. The SMILES string of the molecule is C=C(c1nc(NCCC(O)c2ccccc2)cc2c(NC3CCN(C)CC3)cccc12)C(F)(F)F. The molecule has 186 valence electrons. The quantitative estimate of drug-likeness (QED) is 0.374. The average molecular weight is 485 g/mol. The number of aliphatic hydroxyl groups is 1. The third-order valence-corrected chi connectivity index (χ3v) is 6.49. The number of benzene rings is 2. The summed E-state index contributed by atoms with van der Waals surface area (Å²) >= 11 is 0. The molecule has 0 aliphatic carbocycles. The van der Waals surface area contributed by atoms with Gasteiger partial charge in [0.2, 0.25) is 0 Å². The highest BCUT2D eigenvalue weighted by atomic mass is 19.4. The summed E-state index contributed by atoms with van der Waals surface area (Å²) in [6.07, 6.45) is -2.98. The normalized spacial score (nSPS) is 16.3. The molecule has 1 saturated heterocycles. The van der Waals surface area contributed by atoms with Crippen LogP contribution in [-0.4, -0.2) is 53.9 Å². The highest BCUT2D eigenvalue weighted by Gasteiger charge is 2.35. The van der Waals surface area contributed by atoms with E-state index in [1.807, 2.05) is 36.4 Å². The average Bonchev–Trinajstić information content (AvgIpc) is 2.85. The van der Waals surface area contributed by atoms with E-state index in [-0.39, 0.29) is 11.7 Å². The van der Waals surface area contributed by atoms with Gasteiger partial charge in [-0.25, -0.2) is 4.98 Å². The van der Waals surface area contributed by atoms with Crippen LogP contribution in [0.1, 0.15) is 36.6 Å². The molecule has 1 fully saturated rings. The predicted molar refractivity (Wildman–Crippen MR) is 135 cm³/mol. The van der Waals surface area contributed by atoms with Crippen LogP contribution in [0.15, 0.2) is 61.2 Å². The highest BCUT2D eigenvalue weighted by Crippen LogP contribution is 2.38. The minimum atomic E-state index is -4.60. The molecule has 2 heterocycles. The molecule has 3 aromatic rings. The summed E-state index contributed by atoms with van der Waals surface area (Å²) in [7, 11) is 2.08.